The highest BCUT2D eigenvalue weighted by atomic mass is 19.4. The highest BCUT2D eigenvalue weighted by Crippen LogP contribution is 2.29. The monoisotopic (exact) mass is 212 g/mol. The van der Waals surface area contributed by atoms with Crippen LogP contribution in [0.3, 0.4) is 0 Å². The van der Waals surface area contributed by atoms with Gasteiger partial charge in [-0.3, -0.25) is 0 Å². The summed E-state index contributed by atoms with van der Waals surface area (Å²) in [5, 5.41) is 0. The van der Waals surface area contributed by atoms with E-state index in [4.69, 9.17) is 0 Å². The lowest BCUT2D eigenvalue weighted by Gasteiger charge is -2.05. The molecular weight excluding hydrogens is 201 g/mol. The molecular formula is C12H11F3. The molecule has 3 heteroatoms. The van der Waals surface area contributed by atoms with Crippen LogP contribution in [-0.2, 0) is 6.18 Å². The molecule has 0 spiro atoms. The Bertz CT molecular complexity index is 344. The van der Waals surface area contributed by atoms with Gasteiger partial charge in [0.2, 0.25) is 0 Å². The number of hydrogen-bond acceptors (Lipinski definition) is 0. The van der Waals surface area contributed by atoms with E-state index in [-0.39, 0.29) is 0 Å². The van der Waals surface area contributed by atoms with Crippen LogP contribution >= 0.6 is 0 Å². The first-order chi connectivity index (χ1) is 7.04. The van der Waals surface area contributed by atoms with Crippen LogP contribution in [0.1, 0.15) is 17.5 Å². The van der Waals surface area contributed by atoms with Crippen LogP contribution in [-0.4, -0.2) is 0 Å². The maximum Gasteiger partial charge on any atom is 0.416 e. The first-order valence-electron chi connectivity index (χ1n) is 4.49. The van der Waals surface area contributed by atoms with Gasteiger partial charge in [0.15, 0.2) is 0 Å². The summed E-state index contributed by atoms with van der Waals surface area (Å²) in [6.07, 6.45) is 1.78. The zero-order valence-corrected chi connectivity index (χ0v) is 8.09. The van der Waals surface area contributed by atoms with E-state index in [0.717, 1.165) is 17.7 Å². The minimum atomic E-state index is -4.26. The Morgan fingerprint density at radius 3 is 2.20 bits per heavy atom. The summed E-state index contributed by atoms with van der Waals surface area (Å²) in [7, 11) is 0. The van der Waals surface area contributed by atoms with E-state index in [9.17, 15) is 13.2 Å². The standard InChI is InChI=1S/C12H11F3/c1-2-3-4-5-10-6-8-11(9-7-10)12(13,14)15/h2,4-9H,1,3H2. The summed E-state index contributed by atoms with van der Waals surface area (Å²) >= 11 is 0. The SMILES string of the molecule is C=CCC=Cc1ccc(C(F)(F)F)cc1. The summed E-state index contributed by atoms with van der Waals surface area (Å²) < 4.78 is 36.6. The molecule has 1 rings (SSSR count). The molecule has 1 aromatic carbocycles. The van der Waals surface area contributed by atoms with Gasteiger partial charge in [-0.15, -0.1) is 6.58 Å². The lowest BCUT2D eigenvalue weighted by Crippen LogP contribution is -2.03. The summed E-state index contributed by atoms with van der Waals surface area (Å²) in [6.45, 7) is 3.54. The minimum Gasteiger partial charge on any atom is -0.166 e. The van der Waals surface area contributed by atoms with E-state index in [0.29, 0.717) is 6.42 Å². The van der Waals surface area contributed by atoms with Crippen LogP contribution in [0.2, 0.25) is 0 Å². The van der Waals surface area contributed by atoms with E-state index in [2.05, 4.69) is 6.58 Å². The largest absolute Gasteiger partial charge is 0.416 e. The molecule has 0 N–H and O–H groups in total. The van der Waals surface area contributed by atoms with Crippen LogP contribution in [0.4, 0.5) is 13.2 Å². The lowest BCUT2D eigenvalue weighted by atomic mass is 10.1. The Kier molecular flexibility index (Phi) is 3.72. The van der Waals surface area contributed by atoms with Crippen molar-refractivity contribution < 1.29 is 13.2 Å². The molecule has 0 heterocycles. The molecule has 1 aromatic rings. The van der Waals surface area contributed by atoms with Gasteiger partial charge in [0, 0.05) is 0 Å². The van der Waals surface area contributed by atoms with Crippen molar-refractivity contribution in [2.45, 2.75) is 12.6 Å². The number of alkyl halides is 3. The second-order valence-corrected chi connectivity index (χ2v) is 3.05. The van der Waals surface area contributed by atoms with E-state index < -0.39 is 11.7 Å². The van der Waals surface area contributed by atoms with E-state index in [1.807, 2.05) is 6.08 Å². The third-order valence-electron chi connectivity index (χ3n) is 1.85. The first-order valence-corrected chi connectivity index (χ1v) is 4.49. The molecule has 0 aromatic heterocycles. The van der Waals surface area contributed by atoms with Crippen LogP contribution < -0.4 is 0 Å². The third-order valence-corrected chi connectivity index (χ3v) is 1.85. The molecule has 0 fully saturated rings. The van der Waals surface area contributed by atoms with Crippen molar-refractivity contribution in [1.82, 2.24) is 0 Å². The molecule has 80 valence electrons. The molecule has 0 aliphatic carbocycles. The molecule has 0 amide bonds. The predicted octanol–water partition coefficient (Wildman–Crippen LogP) is 4.29. The summed E-state index contributed by atoms with van der Waals surface area (Å²) in [4.78, 5) is 0. The number of halogens is 3. The van der Waals surface area contributed by atoms with Gasteiger partial charge in [-0.05, 0) is 24.1 Å². The Hall–Kier alpha value is -1.51. The van der Waals surface area contributed by atoms with Gasteiger partial charge in [0.1, 0.15) is 0 Å². The van der Waals surface area contributed by atoms with Gasteiger partial charge in [0.25, 0.3) is 0 Å². The first kappa shape index (κ1) is 11.6. The molecule has 0 nitrogen and oxygen atoms in total. The Morgan fingerprint density at radius 1 is 1.13 bits per heavy atom. The maximum atomic E-state index is 12.2. The fraction of sp³-hybridized carbons (Fsp3) is 0.167. The zero-order valence-electron chi connectivity index (χ0n) is 8.09. The second kappa shape index (κ2) is 4.82. The fourth-order valence-electron chi connectivity index (χ4n) is 1.08. The van der Waals surface area contributed by atoms with Crippen LogP contribution in [0.5, 0.6) is 0 Å². The Balaban J connectivity index is 2.77. The molecule has 0 unspecified atom stereocenters. The number of benzene rings is 1. The minimum absolute atomic E-state index is 0.622. The lowest BCUT2D eigenvalue weighted by molar-refractivity contribution is -0.137. The van der Waals surface area contributed by atoms with Crippen molar-refractivity contribution in [2.24, 2.45) is 0 Å². The number of rotatable bonds is 3. The van der Waals surface area contributed by atoms with Crippen molar-refractivity contribution in [3.05, 3.63) is 54.1 Å². The van der Waals surface area contributed by atoms with Crippen molar-refractivity contribution in [3.8, 4) is 0 Å². The van der Waals surface area contributed by atoms with Gasteiger partial charge >= 0.3 is 6.18 Å². The summed E-state index contributed by atoms with van der Waals surface area (Å²) in [5.41, 5.74) is 0.133. The van der Waals surface area contributed by atoms with Gasteiger partial charge in [-0.2, -0.15) is 13.2 Å². The quantitative estimate of drug-likeness (QED) is 0.655. The molecule has 0 saturated carbocycles. The van der Waals surface area contributed by atoms with Crippen molar-refractivity contribution >= 4 is 6.08 Å². The fourth-order valence-corrected chi connectivity index (χ4v) is 1.08. The molecule has 0 bridgehead atoms. The van der Waals surface area contributed by atoms with E-state index in [1.165, 1.54) is 12.1 Å². The molecule has 0 aliphatic rings. The Morgan fingerprint density at radius 2 is 1.73 bits per heavy atom. The summed E-state index contributed by atoms with van der Waals surface area (Å²) in [5.74, 6) is 0. The van der Waals surface area contributed by atoms with Gasteiger partial charge < -0.3 is 0 Å². The number of allylic oxidation sites excluding steroid dienone is 2. The van der Waals surface area contributed by atoms with Gasteiger partial charge in [0.05, 0.1) is 5.56 Å². The zero-order chi connectivity index (χ0) is 11.3. The van der Waals surface area contributed by atoms with Crippen LogP contribution in [0.15, 0.2) is 43.0 Å². The van der Waals surface area contributed by atoms with Gasteiger partial charge in [-0.1, -0.05) is 30.4 Å². The molecule has 0 aliphatic heterocycles. The topological polar surface area (TPSA) is 0 Å². The average Bonchev–Trinajstić information content (AvgIpc) is 2.18. The van der Waals surface area contributed by atoms with E-state index in [1.54, 1.807) is 12.2 Å². The van der Waals surface area contributed by atoms with Crippen LogP contribution in [0.25, 0.3) is 6.08 Å². The average molecular weight is 212 g/mol. The molecule has 0 saturated heterocycles. The van der Waals surface area contributed by atoms with Crippen molar-refractivity contribution in [3.63, 3.8) is 0 Å². The highest BCUT2D eigenvalue weighted by Gasteiger charge is 2.29. The second-order valence-electron chi connectivity index (χ2n) is 3.05. The predicted molar refractivity (Wildman–Crippen MR) is 55.3 cm³/mol. The van der Waals surface area contributed by atoms with Gasteiger partial charge in [-0.25, -0.2) is 0 Å². The Labute approximate surface area is 86.7 Å². The van der Waals surface area contributed by atoms with Crippen LogP contribution in [0, 0.1) is 0 Å². The number of hydrogen-bond donors (Lipinski definition) is 0. The van der Waals surface area contributed by atoms with Crippen molar-refractivity contribution in [2.75, 3.05) is 0 Å². The summed E-state index contributed by atoms with van der Waals surface area (Å²) in [6, 6.07) is 5.05. The molecule has 15 heavy (non-hydrogen) atoms. The smallest absolute Gasteiger partial charge is 0.166 e. The highest BCUT2D eigenvalue weighted by molar-refractivity contribution is 5.50. The molecule has 0 atom stereocenters. The normalized spacial score (nSPS) is 11.9. The maximum absolute atomic E-state index is 12.2. The van der Waals surface area contributed by atoms with Crippen molar-refractivity contribution in [1.29, 1.82) is 0 Å². The third kappa shape index (κ3) is 3.62. The van der Waals surface area contributed by atoms with E-state index >= 15 is 0 Å². The molecule has 0 radical (unpaired) electrons.